The lowest BCUT2D eigenvalue weighted by molar-refractivity contribution is -0.147. The lowest BCUT2D eigenvalue weighted by atomic mass is 10.4. The van der Waals surface area contributed by atoms with E-state index >= 15 is 0 Å². The molecule has 0 aromatic carbocycles. The number of aromatic nitrogens is 2. The lowest BCUT2D eigenvalue weighted by Crippen LogP contribution is -2.40. The molecule has 0 aliphatic heterocycles. The number of rotatable bonds is 5. The molecule has 18 heavy (non-hydrogen) atoms. The van der Waals surface area contributed by atoms with Crippen molar-refractivity contribution in [3.63, 3.8) is 0 Å². The second-order valence-electron chi connectivity index (χ2n) is 3.51. The standard InChI is InChI=1S/C11H15N3O4/c1-3-13(8-10(16)18-2)9(15)7-14-6-4-5-12-11(14)17/h4-6H,3,7-8H2,1-2H3. The van der Waals surface area contributed by atoms with Crippen molar-refractivity contribution in [1.29, 1.82) is 0 Å². The number of nitrogens with zero attached hydrogens (tertiary/aromatic N) is 3. The van der Waals surface area contributed by atoms with E-state index in [2.05, 4.69) is 9.72 Å². The van der Waals surface area contributed by atoms with Gasteiger partial charge in [0.2, 0.25) is 5.91 Å². The van der Waals surface area contributed by atoms with E-state index in [1.807, 2.05) is 0 Å². The number of amides is 1. The van der Waals surface area contributed by atoms with Gasteiger partial charge < -0.3 is 9.64 Å². The van der Waals surface area contributed by atoms with Crippen molar-refractivity contribution in [1.82, 2.24) is 14.5 Å². The zero-order chi connectivity index (χ0) is 13.5. The molecule has 0 atom stereocenters. The molecular formula is C11H15N3O4. The lowest BCUT2D eigenvalue weighted by Gasteiger charge is -2.19. The number of esters is 1. The summed E-state index contributed by atoms with van der Waals surface area (Å²) >= 11 is 0. The Bertz CT molecular complexity index is 483. The molecule has 0 saturated heterocycles. The fourth-order valence-electron chi connectivity index (χ4n) is 1.35. The van der Waals surface area contributed by atoms with Gasteiger partial charge in [0, 0.05) is 18.9 Å². The number of carbonyl (C=O) groups excluding carboxylic acids is 2. The van der Waals surface area contributed by atoms with Crippen molar-refractivity contribution in [2.75, 3.05) is 20.2 Å². The van der Waals surface area contributed by atoms with Crippen LogP contribution in [0, 0.1) is 0 Å². The third-order valence-electron chi connectivity index (χ3n) is 2.37. The second kappa shape index (κ2) is 6.53. The van der Waals surface area contributed by atoms with Gasteiger partial charge in [-0.1, -0.05) is 0 Å². The maximum atomic E-state index is 11.9. The van der Waals surface area contributed by atoms with E-state index < -0.39 is 11.7 Å². The van der Waals surface area contributed by atoms with Gasteiger partial charge in [-0.15, -0.1) is 0 Å². The summed E-state index contributed by atoms with van der Waals surface area (Å²) in [5.41, 5.74) is -0.500. The Morgan fingerprint density at radius 1 is 1.50 bits per heavy atom. The predicted octanol–water partition coefficient (Wildman–Crippen LogP) is -0.735. The molecule has 0 spiro atoms. The van der Waals surface area contributed by atoms with Gasteiger partial charge in [0.1, 0.15) is 13.1 Å². The van der Waals surface area contributed by atoms with Crippen LogP contribution in [-0.2, 0) is 20.9 Å². The third kappa shape index (κ3) is 3.69. The van der Waals surface area contributed by atoms with Gasteiger partial charge in [-0.25, -0.2) is 9.78 Å². The molecule has 0 bridgehead atoms. The molecule has 1 aromatic rings. The molecule has 1 aromatic heterocycles. The normalized spacial score (nSPS) is 9.89. The summed E-state index contributed by atoms with van der Waals surface area (Å²) in [6, 6.07) is 1.56. The molecule has 0 radical (unpaired) electrons. The van der Waals surface area contributed by atoms with Crippen molar-refractivity contribution in [3.05, 3.63) is 28.9 Å². The Morgan fingerprint density at radius 3 is 2.78 bits per heavy atom. The topological polar surface area (TPSA) is 81.5 Å². The van der Waals surface area contributed by atoms with E-state index in [0.717, 1.165) is 0 Å². The number of ether oxygens (including phenoxy) is 1. The van der Waals surface area contributed by atoms with Crippen LogP contribution < -0.4 is 5.69 Å². The van der Waals surface area contributed by atoms with E-state index in [9.17, 15) is 14.4 Å². The van der Waals surface area contributed by atoms with Gasteiger partial charge in [0.25, 0.3) is 0 Å². The Kier molecular flexibility index (Phi) is 5.04. The molecule has 0 unspecified atom stereocenters. The summed E-state index contributed by atoms with van der Waals surface area (Å²) in [6.45, 7) is 1.84. The molecule has 7 heteroatoms. The van der Waals surface area contributed by atoms with Crippen molar-refractivity contribution < 1.29 is 14.3 Å². The Labute approximate surface area is 104 Å². The Balaban J connectivity index is 2.71. The van der Waals surface area contributed by atoms with Crippen LogP contribution in [0.2, 0.25) is 0 Å². The number of hydrogen-bond donors (Lipinski definition) is 0. The highest BCUT2D eigenvalue weighted by molar-refractivity contribution is 5.81. The van der Waals surface area contributed by atoms with E-state index in [1.165, 1.54) is 29.0 Å². The fourth-order valence-corrected chi connectivity index (χ4v) is 1.35. The van der Waals surface area contributed by atoms with E-state index in [-0.39, 0.29) is 19.0 Å². The highest BCUT2D eigenvalue weighted by Crippen LogP contribution is 1.93. The minimum atomic E-state index is -0.500. The first-order valence-corrected chi connectivity index (χ1v) is 5.44. The van der Waals surface area contributed by atoms with Crippen LogP contribution in [0.4, 0.5) is 0 Å². The van der Waals surface area contributed by atoms with E-state index in [1.54, 1.807) is 13.0 Å². The van der Waals surface area contributed by atoms with Gasteiger partial charge >= 0.3 is 11.7 Å². The van der Waals surface area contributed by atoms with Gasteiger partial charge in [0.05, 0.1) is 7.11 Å². The molecule has 0 fully saturated rings. The summed E-state index contributed by atoms with van der Waals surface area (Å²) in [6.07, 6.45) is 2.83. The van der Waals surface area contributed by atoms with Crippen molar-refractivity contribution >= 4 is 11.9 Å². The highest BCUT2D eigenvalue weighted by atomic mass is 16.5. The third-order valence-corrected chi connectivity index (χ3v) is 2.37. The largest absolute Gasteiger partial charge is 0.468 e. The highest BCUT2D eigenvalue weighted by Gasteiger charge is 2.16. The summed E-state index contributed by atoms with van der Waals surface area (Å²) in [4.78, 5) is 39.2. The quantitative estimate of drug-likeness (QED) is 0.646. The zero-order valence-corrected chi connectivity index (χ0v) is 10.3. The summed E-state index contributed by atoms with van der Waals surface area (Å²) in [5.74, 6) is -0.832. The molecule has 1 rings (SSSR count). The molecular weight excluding hydrogens is 238 g/mol. The van der Waals surface area contributed by atoms with Crippen LogP contribution in [0.1, 0.15) is 6.92 Å². The van der Waals surface area contributed by atoms with Crippen LogP contribution >= 0.6 is 0 Å². The first-order chi connectivity index (χ1) is 8.58. The number of carbonyl (C=O) groups is 2. The van der Waals surface area contributed by atoms with Crippen molar-refractivity contribution in [2.24, 2.45) is 0 Å². The number of hydrogen-bond acceptors (Lipinski definition) is 5. The first-order valence-electron chi connectivity index (χ1n) is 5.44. The monoisotopic (exact) mass is 253 g/mol. The average Bonchev–Trinajstić information content (AvgIpc) is 2.38. The minimum absolute atomic E-state index is 0.124. The van der Waals surface area contributed by atoms with Crippen LogP contribution in [0.3, 0.4) is 0 Å². The minimum Gasteiger partial charge on any atom is -0.468 e. The van der Waals surface area contributed by atoms with Gasteiger partial charge in [0.15, 0.2) is 0 Å². The zero-order valence-electron chi connectivity index (χ0n) is 10.3. The van der Waals surface area contributed by atoms with Crippen LogP contribution in [0.5, 0.6) is 0 Å². The maximum absolute atomic E-state index is 11.9. The van der Waals surface area contributed by atoms with Gasteiger partial charge in [-0.05, 0) is 13.0 Å². The smallest absolute Gasteiger partial charge is 0.347 e. The Hall–Kier alpha value is -2.18. The van der Waals surface area contributed by atoms with E-state index in [0.29, 0.717) is 6.54 Å². The molecule has 0 N–H and O–H groups in total. The molecule has 0 aliphatic rings. The molecule has 0 saturated carbocycles. The predicted molar refractivity (Wildman–Crippen MR) is 62.8 cm³/mol. The van der Waals surface area contributed by atoms with Crippen LogP contribution in [0.15, 0.2) is 23.3 Å². The average molecular weight is 253 g/mol. The molecule has 98 valence electrons. The second-order valence-corrected chi connectivity index (χ2v) is 3.51. The Morgan fingerprint density at radius 2 is 2.22 bits per heavy atom. The molecule has 0 aliphatic carbocycles. The van der Waals surface area contributed by atoms with Crippen molar-refractivity contribution in [2.45, 2.75) is 13.5 Å². The number of likely N-dealkylation sites (N-methyl/N-ethyl adjacent to an activating group) is 1. The summed E-state index contributed by atoms with van der Waals surface area (Å²) in [5, 5.41) is 0. The molecule has 7 nitrogen and oxygen atoms in total. The summed E-state index contributed by atoms with van der Waals surface area (Å²) in [7, 11) is 1.26. The van der Waals surface area contributed by atoms with Crippen LogP contribution in [0.25, 0.3) is 0 Å². The number of methoxy groups -OCH3 is 1. The summed E-state index contributed by atoms with van der Waals surface area (Å²) < 4.78 is 5.68. The van der Waals surface area contributed by atoms with Crippen molar-refractivity contribution in [3.8, 4) is 0 Å². The SMILES string of the molecule is CCN(CC(=O)OC)C(=O)Cn1cccnc1=O. The van der Waals surface area contributed by atoms with Gasteiger partial charge in [-0.3, -0.25) is 14.2 Å². The van der Waals surface area contributed by atoms with E-state index in [4.69, 9.17) is 0 Å². The fraction of sp³-hybridized carbons (Fsp3) is 0.455. The maximum Gasteiger partial charge on any atom is 0.347 e. The molecule has 1 heterocycles. The molecule has 1 amide bonds. The van der Waals surface area contributed by atoms with Gasteiger partial charge in [-0.2, -0.15) is 0 Å². The first kappa shape index (κ1) is 13.9. The van der Waals surface area contributed by atoms with Crippen LogP contribution in [-0.4, -0.2) is 46.5 Å².